The monoisotopic (exact) mass is 350 g/mol. The van der Waals surface area contributed by atoms with E-state index in [9.17, 15) is 8.78 Å². The number of pyridine rings is 1. The molecule has 0 spiro atoms. The summed E-state index contributed by atoms with van der Waals surface area (Å²) < 4.78 is 31.4. The molecule has 0 saturated heterocycles. The van der Waals surface area contributed by atoms with Crippen LogP contribution in [0.2, 0.25) is 5.02 Å². The van der Waals surface area contributed by atoms with Gasteiger partial charge in [0.2, 0.25) is 5.88 Å². The summed E-state index contributed by atoms with van der Waals surface area (Å²) in [5.74, 6) is 0.501. The van der Waals surface area contributed by atoms with Crippen LogP contribution < -0.4 is 4.74 Å². The Labute approximate surface area is 141 Å². The van der Waals surface area contributed by atoms with Gasteiger partial charge < -0.3 is 4.74 Å². The van der Waals surface area contributed by atoms with Crippen molar-refractivity contribution in [3.8, 4) is 17.0 Å². The molecule has 0 radical (unpaired) electrons. The van der Waals surface area contributed by atoms with E-state index in [1.165, 1.54) is 6.20 Å². The van der Waals surface area contributed by atoms with Gasteiger partial charge in [-0.15, -0.1) is 0 Å². The first-order chi connectivity index (χ1) is 11.5. The third kappa shape index (κ3) is 3.86. The summed E-state index contributed by atoms with van der Waals surface area (Å²) in [6.45, 7) is -0.763. The maximum atomic E-state index is 12.6. The van der Waals surface area contributed by atoms with E-state index >= 15 is 0 Å². The van der Waals surface area contributed by atoms with Crippen molar-refractivity contribution >= 4 is 11.6 Å². The van der Waals surface area contributed by atoms with Gasteiger partial charge >= 0.3 is 6.61 Å². The Morgan fingerprint density at radius 1 is 1.25 bits per heavy atom. The van der Waals surface area contributed by atoms with E-state index in [-0.39, 0.29) is 5.88 Å². The van der Waals surface area contributed by atoms with Crippen molar-refractivity contribution < 1.29 is 13.5 Å². The maximum Gasteiger partial charge on any atom is 0.388 e. The number of nitrogens with zero attached hydrogens (tertiary/aromatic N) is 4. The highest BCUT2D eigenvalue weighted by Gasteiger charge is 2.14. The third-order valence-corrected chi connectivity index (χ3v) is 3.47. The van der Waals surface area contributed by atoms with Crippen LogP contribution in [0.4, 0.5) is 8.78 Å². The van der Waals surface area contributed by atoms with Gasteiger partial charge in [-0.05, 0) is 36.2 Å². The Balaban J connectivity index is 2.00. The average Bonchev–Trinajstić information content (AvgIpc) is 2.93. The van der Waals surface area contributed by atoms with E-state index in [1.54, 1.807) is 48.3 Å². The highest BCUT2D eigenvalue weighted by Crippen LogP contribution is 2.31. The van der Waals surface area contributed by atoms with Gasteiger partial charge in [-0.2, -0.15) is 13.9 Å². The standard InChI is InChI=1S/C16H13ClF2N4O/c1-10-21-9-23(22-10)8-11-5-14(12-3-2-4-13(17)6-12)15(20-7-11)24-16(18)19/h2-7,9,16H,8H2,1H3. The predicted octanol–water partition coefficient (Wildman–Crippen LogP) is 3.95. The second-order valence-electron chi connectivity index (χ2n) is 5.07. The van der Waals surface area contributed by atoms with E-state index in [4.69, 9.17) is 11.6 Å². The van der Waals surface area contributed by atoms with Gasteiger partial charge in [0.15, 0.2) is 0 Å². The van der Waals surface area contributed by atoms with Gasteiger partial charge in [-0.25, -0.2) is 14.6 Å². The molecule has 3 aromatic rings. The molecule has 3 rings (SSSR count). The van der Waals surface area contributed by atoms with Gasteiger partial charge in [-0.1, -0.05) is 23.7 Å². The van der Waals surface area contributed by atoms with Crippen molar-refractivity contribution in [3.05, 3.63) is 59.3 Å². The number of benzene rings is 1. The zero-order valence-corrected chi connectivity index (χ0v) is 13.4. The summed E-state index contributed by atoms with van der Waals surface area (Å²) in [7, 11) is 0. The fourth-order valence-corrected chi connectivity index (χ4v) is 2.46. The Morgan fingerprint density at radius 2 is 2.08 bits per heavy atom. The van der Waals surface area contributed by atoms with Crippen LogP contribution in [0.5, 0.6) is 5.88 Å². The fourth-order valence-electron chi connectivity index (χ4n) is 2.27. The van der Waals surface area contributed by atoms with Crippen LogP contribution in [0, 0.1) is 6.92 Å². The summed E-state index contributed by atoms with van der Waals surface area (Å²) in [5, 5.41) is 4.69. The van der Waals surface area contributed by atoms with Crippen LogP contribution in [0.1, 0.15) is 11.4 Å². The van der Waals surface area contributed by atoms with Crippen LogP contribution >= 0.6 is 11.6 Å². The van der Waals surface area contributed by atoms with Crippen molar-refractivity contribution in [2.45, 2.75) is 20.1 Å². The highest BCUT2D eigenvalue weighted by molar-refractivity contribution is 6.30. The van der Waals surface area contributed by atoms with Gasteiger partial charge in [-0.3, -0.25) is 0 Å². The SMILES string of the molecule is Cc1ncn(Cc2cnc(OC(F)F)c(-c3cccc(Cl)c3)c2)n1. The number of hydrogen-bond acceptors (Lipinski definition) is 4. The molecular formula is C16H13ClF2N4O. The molecule has 2 heterocycles. The molecule has 124 valence electrons. The molecule has 0 N–H and O–H groups in total. The number of alkyl halides is 2. The zero-order chi connectivity index (χ0) is 17.1. The first-order valence-corrected chi connectivity index (χ1v) is 7.45. The summed E-state index contributed by atoms with van der Waals surface area (Å²) in [6.07, 6.45) is 3.07. The second kappa shape index (κ2) is 6.92. The minimum atomic E-state index is -2.96. The molecule has 24 heavy (non-hydrogen) atoms. The number of aryl methyl sites for hydroxylation is 1. The van der Waals surface area contributed by atoms with E-state index in [1.807, 2.05) is 0 Å². The lowest BCUT2D eigenvalue weighted by molar-refractivity contribution is -0.0524. The van der Waals surface area contributed by atoms with Gasteiger partial charge in [0.05, 0.1) is 6.54 Å². The van der Waals surface area contributed by atoms with Crippen LogP contribution in [-0.4, -0.2) is 26.4 Å². The van der Waals surface area contributed by atoms with Gasteiger partial charge in [0.1, 0.15) is 12.2 Å². The quantitative estimate of drug-likeness (QED) is 0.699. The predicted molar refractivity (Wildman–Crippen MR) is 85.2 cm³/mol. The smallest absolute Gasteiger partial charge is 0.388 e. The van der Waals surface area contributed by atoms with Gasteiger partial charge in [0, 0.05) is 16.8 Å². The van der Waals surface area contributed by atoms with E-state index in [2.05, 4.69) is 19.8 Å². The van der Waals surface area contributed by atoms with E-state index in [0.717, 1.165) is 5.56 Å². The molecule has 1 aromatic carbocycles. The summed E-state index contributed by atoms with van der Waals surface area (Å²) >= 11 is 5.99. The minimum Gasteiger partial charge on any atom is -0.416 e. The minimum absolute atomic E-state index is 0.147. The zero-order valence-electron chi connectivity index (χ0n) is 12.7. The lowest BCUT2D eigenvalue weighted by Gasteiger charge is -2.12. The molecule has 5 nitrogen and oxygen atoms in total. The Morgan fingerprint density at radius 3 is 2.75 bits per heavy atom. The third-order valence-electron chi connectivity index (χ3n) is 3.24. The molecule has 0 aliphatic carbocycles. The van der Waals surface area contributed by atoms with Crippen LogP contribution in [0.3, 0.4) is 0 Å². The maximum absolute atomic E-state index is 12.6. The Bertz CT molecular complexity index is 854. The number of rotatable bonds is 5. The van der Waals surface area contributed by atoms with Crippen molar-refractivity contribution in [1.29, 1.82) is 0 Å². The van der Waals surface area contributed by atoms with Crippen molar-refractivity contribution in [2.75, 3.05) is 0 Å². The van der Waals surface area contributed by atoms with Crippen LogP contribution in [0.25, 0.3) is 11.1 Å². The average molecular weight is 351 g/mol. The van der Waals surface area contributed by atoms with E-state index in [0.29, 0.717) is 28.5 Å². The summed E-state index contributed by atoms with van der Waals surface area (Å²) in [6, 6.07) is 8.59. The van der Waals surface area contributed by atoms with Crippen LogP contribution in [0.15, 0.2) is 42.9 Å². The highest BCUT2D eigenvalue weighted by atomic mass is 35.5. The first-order valence-electron chi connectivity index (χ1n) is 7.07. The van der Waals surface area contributed by atoms with Crippen LogP contribution in [-0.2, 0) is 6.54 Å². The molecular weight excluding hydrogens is 338 g/mol. The number of ether oxygens (including phenoxy) is 1. The summed E-state index contributed by atoms with van der Waals surface area (Å²) in [5.41, 5.74) is 1.85. The number of hydrogen-bond donors (Lipinski definition) is 0. The molecule has 0 unspecified atom stereocenters. The normalized spacial score (nSPS) is 11.0. The van der Waals surface area contributed by atoms with Gasteiger partial charge in [0.25, 0.3) is 0 Å². The molecule has 0 aliphatic heterocycles. The molecule has 0 atom stereocenters. The first kappa shape index (κ1) is 16.3. The number of aromatic nitrogens is 4. The lowest BCUT2D eigenvalue weighted by atomic mass is 10.1. The molecule has 0 saturated carbocycles. The molecule has 2 aromatic heterocycles. The number of halogens is 3. The Kier molecular flexibility index (Phi) is 4.71. The Hall–Kier alpha value is -2.54. The molecule has 0 amide bonds. The second-order valence-corrected chi connectivity index (χ2v) is 5.51. The summed E-state index contributed by atoms with van der Waals surface area (Å²) in [4.78, 5) is 8.07. The lowest BCUT2D eigenvalue weighted by Crippen LogP contribution is -2.07. The fraction of sp³-hybridized carbons (Fsp3) is 0.188. The van der Waals surface area contributed by atoms with Crippen molar-refractivity contribution in [3.63, 3.8) is 0 Å². The topological polar surface area (TPSA) is 52.8 Å². The van der Waals surface area contributed by atoms with E-state index < -0.39 is 6.61 Å². The largest absolute Gasteiger partial charge is 0.416 e. The van der Waals surface area contributed by atoms with Crippen molar-refractivity contribution in [2.24, 2.45) is 0 Å². The molecule has 0 bridgehead atoms. The van der Waals surface area contributed by atoms with Crippen molar-refractivity contribution in [1.82, 2.24) is 19.7 Å². The molecule has 0 fully saturated rings. The molecule has 0 aliphatic rings. The molecule has 8 heteroatoms.